The van der Waals surface area contributed by atoms with E-state index in [1.54, 1.807) is 29.5 Å². The summed E-state index contributed by atoms with van der Waals surface area (Å²) in [5, 5.41) is 16.1. The summed E-state index contributed by atoms with van der Waals surface area (Å²) < 4.78 is 16.9. The molecule has 2 aromatic carbocycles. The molecule has 0 spiro atoms. The molecule has 5 rings (SSSR count). The van der Waals surface area contributed by atoms with Gasteiger partial charge in [0.2, 0.25) is 0 Å². The first-order chi connectivity index (χ1) is 14.2. The maximum Gasteiger partial charge on any atom is 0.255 e. The van der Waals surface area contributed by atoms with Gasteiger partial charge in [0.25, 0.3) is 5.91 Å². The summed E-state index contributed by atoms with van der Waals surface area (Å²) in [6.07, 6.45) is 2.01. The predicted octanol–water partition coefficient (Wildman–Crippen LogP) is 4.19. The number of fused-ring (bicyclic) bond motifs is 2. The summed E-state index contributed by atoms with van der Waals surface area (Å²) in [5.41, 5.74) is 3.08. The Morgan fingerprint density at radius 1 is 1.20 bits per heavy atom. The van der Waals surface area contributed by atoms with Gasteiger partial charge in [-0.1, -0.05) is 12.1 Å². The zero-order valence-electron chi connectivity index (χ0n) is 17.7. The molecule has 1 aliphatic carbocycles. The number of aryl methyl sites for hydroxylation is 2. The summed E-state index contributed by atoms with van der Waals surface area (Å²) in [6.45, 7) is 5.84. The SMILES string of the molecule is Cc1nn(C)c2ccc(-c3c(F)ccc4c3C(=O)N(C(C3CC3)C(C)(C)O)C4)cc12. The zero-order valence-corrected chi connectivity index (χ0v) is 17.7. The molecule has 0 radical (unpaired) electrons. The minimum Gasteiger partial charge on any atom is -0.388 e. The topological polar surface area (TPSA) is 58.4 Å². The van der Waals surface area contributed by atoms with E-state index in [4.69, 9.17) is 0 Å². The molecule has 1 N–H and O–H groups in total. The van der Waals surface area contributed by atoms with Gasteiger partial charge in [0.15, 0.2) is 0 Å². The molecule has 1 atom stereocenters. The van der Waals surface area contributed by atoms with Crippen molar-refractivity contribution >= 4 is 16.8 Å². The minimum absolute atomic E-state index is 0.193. The average molecular weight is 407 g/mol. The lowest BCUT2D eigenvalue weighted by Gasteiger charge is -2.37. The fourth-order valence-electron chi connectivity index (χ4n) is 5.12. The van der Waals surface area contributed by atoms with E-state index in [0.29, 0.717) is 29.2 Å². The van der Waals surface area contributed by atoms with Crippen LogP contribution in [0.15, 0.2) is 30.3 Å². The Morgan fingerprint density at radius 3 is 2.60 bits per heavy atom. The lowest BCUT2D eigenvalue weighted by atomic mass is 9.92. The number of hydrogen-bond donors (Lipinski definition) is 1. The van der Waals surface area contributed by atoms with Gasteiger partial charge in [-0.25, -0.2) is 4.39 Å². The van der Waals surface area contributed by atoms with Crippen molar-refractivity contribution in [3.8, 4) is 11.1 Å². The van der Waals surface area contributed by atoms with Gasteiger partial charge in [-0.2, -0.15) is 5.10 Å². The van der Waals surface area contributed by atoms with E-state index < -0.39 is 11.4 Å². The number of aromatic nitrogens is 2. The number of rotatable bonds is 4. The fraction of sp³-hybridized carbons (Fsp3) is 0.417. The number of aliphatic hydroxyl groups is 1. The Morgan fingerprint density at radius 2 is 1.93 bits per heavy atom. The van der Waals surface area contributed by atoms with Crippen LogP contribution >= 0.6 is 0 Å². The van der Waals surface area contributed by atoms with Crippen LogP contribution in [0.5, 0.6) is 0 Å². The van der Waals surface area contributed by atoms with Crippen molar-refractivity contribution in [1.82, 2.24) is 14.7 Å². The van der Waals surface area contributed by atoms with Gasteiger partial charge in [-0.3, -0.25) is 9.48 Å². The van der Waals surface area contributed by atoms with E-state index >= 15 is 4.39 Å². The van der Waals surface area contributed by atoms with E-state index in [1.807, 2.05) is 32.2 Å². The van der Waals surface area contributed by atoms with Crippen LogP contribution in [0, 0.1) is 18.7 Å². The maximum absolute atomic E-state index is 15.1. The first kappa shape index (κ1) is 19.2. The van der Waals surface area contributed by atoms with Crippen molar-refractivity contribution in [2.24, 2.45) is 13.0 Å². The lowest BCUT2D eigenvalue weighted by Crippen LogP contribution is -2.51. The third kappa shape index (κ3) is 2.85. The molecule has 1 unspecified atom stereocenters. The first-order valence-corrected chi connectivity index (χ1v) is 10.4. The van der Waals surface area contributed by atoms with Gasteiger partial charge < -0.3 is 10.0 Å². The van der Waals surface area contributed by atoms with Crippen molar-refractivity contribution in [3.63, 3.8) is 0 Å². The highest BCUT2D eigenvalue weighted by molar-refractivity contribution is 6.05. The molecule has 1 aliphatic heterocycles. The second kappa shape index (κ2) is 6.38. The molecular weight excluding hydrogens is 381 g/mol. The Balaban J connectivity index is 1.64. The van der Waals surface area contributed by atoms with Crippen LogP contribution in [0.1, 0.15) is 48.3 Å². The van der Waals surface area contributed by atoms with Gasteiger partial charge in [0.05, 0.1) is 28.4 Å². The number of carbonyl (C=O) groups excluding carboxylic acids is 1. The highest BCUT2D eigenvalue weighted by Gasteiger charge is 2.48. The number of halogens is 1. The van der Waals surface area contributed by atoms with Crippen LogP contribution in [0.2, 0.25) is 0 Å². The van der Waals surface area contributed by atoms with Crippen LogP contribution in [0.3, 0.4) is 0 Å². The number of amides is 1. The molecule has 1 aromatic heterocycles. The number of hydrogen-bond acceptors (Lipinski definition) is 3. The maximum atomic E-state index is 15.1. The van der Waals surface area contributed by atoms with Gasteiger partial charge in [0.1, 0.15) is 5.82 Å². The smallest absolute Gasteiger partial charge is 0.255 e. The second-order valence-corrected chi connectivity index (χ2v) is 9.27. The van der Waals surface area contributed by atoms with Crippen molar-refractivity contribution in [2.45, 2.75) is 51.8 Å². The van der Waals surface area contributed by atoms with Gasteiger partial charge >= 0.3 is 0 Å². The van der Waals surface area contributed by atoms with Crippen LogP contribution < -0.4 is 0 Å². The zero-order chi connectivity index (χ0) is 21.4. The van der Waals surface area contributed by atoms with Gasteiger partial charge in [-0.05, 0) is 68.9 Å². The average Bonchev–Trinajstić information content (AvgIpc) is 3.39. The Bertz CT molecular complexity index is 1190. The van der Waals surface area contributed by atoms with E-state index in [2.05, 4.69) is 5.10 Å². The van der Waals surface area contributed by atoms with Crippen molar-refractivity contribution in [2.75, 3.05) is 0 Å². The summed E-state index contributed by atoms with van der Waals surface area (Å²) in [7, 11) is 1.88. The van der Waals surface area contributed by atoms with E-state index in [1.165, 1.54) is 6.07 Å². The summed E-state index contributed by atoms with van der Waals surface area (Å²) in [6, 6.07) is 8.57. The van der Waals surface area contributed by atoms with Crippen molar-refractivity contribution in [1.29, 1.82) is 0 Å². The molecule has 0 bridgehead atoms. The van der Waals surface area contributed by atoms with E-state index in [0.717, 1.165) is 35.0 Å². The molecule has 156 valence electrons. The van der Waals surface area contributed by atoms with Gasteiger partial charge in [0, 0.05) is 24.5 Å². The molecule has 3 aromatic rings. The van der Waals surface area contributed by atoms with E-state index in [9.17, 15) is 9.90 Å². The van der Waals surface area contributed by atoms with Crippen LogP contribution in [-0.2, 0) is 13.6 Å². The molecule has 30 heavy (non-hydrogen) atoms. The predicted molar refractivity (Wildman–Crippen MR) is 114 cm³/mol. The molecule has 0 saturated heterocycles. The monoisotopic (exact) mass is 407 g/mol. The summed E-state index contributed by atoms with van der Waals surface area (Å²) in [4.78, 5) is 15.3. The lowest BCUT2D eigenvalue weighted by molar-refractivity contribution is -0.0224. The van der Waals surface area contributed by atoms with Gasteiger partial charge in [-0.15, -0.1) is 0 Å². The number of nitrogens with zero attached hydrogens (tertiary/aromatic N) is 3. The van der Waals surface area contributed by atoms with Crippen LogP contribution in [0.4, 0.5) is 4.39 Å². The second-order valence-electron chi connectivity index (χ2n) is 9.27. The minimum atomic E-state index is -1.01. The number of carbonyl (C=O) groups is 1. The molecular formula is C24H26FN3O2. The summed E-state index contributed by atoms with van der Waals surface area (Å²) >= 11 is 0. The fourth-order valence-corrected chi connectivity index (χ4v) is 5.12. The third-order valence-corrected chi connectivity index (χ3v) is 6.51. The molecule has 1 fully saturated rings. The molecule has 2 heterocycles. The van der Waals surface area contributed by atoms with Crippen LogP contribution in [0.25, 0.3) is 22.0 Å². The molecule has 1 amide bonds. The molecule has 2 aliphatic rings. The molecule has 1 saturated carbocycles. The molecule has 5 nitrogen and oxygen atoms in total. The highest BCUT2D eigenvalue weighted by Crippen LogP contribution is 2.44. The Labute approximate surface area is 175 Å². The quantitative estimate of drug-likeness (QED) is 0.705. The van der Waals surface area contributed by atoms with Crippen molar-refractivity contribution < 1.29 is 14.3 Å². The molecule has 6 heteroatoms. The van der Waals surface area contributed by atoms with Crippen LogP contribution in [-0.4, -0.2) is 37.3 Å². The van der Waals surface area contributed by atoms with Crippen molar-refractivity contribution in [3.05, 3.63) is 53.0 Å². The van der Waals surface area contributed by atoms with E-state index in [-0.39, 0.29) is 11.9 Å². The summed E-state index contributed by atoms with van der Waals surface area (Å²) in [5.74, 6) is -0.302. The Kier molecular flexibility index (Phi) is 4.09. The largest absolute Gasteiger partial charge is 0.388 e. The third-order valence-electron chi connectivity index (χ3n) is 6.51. The Hall–Kier alpha value is -2.73. The highest BCUT2D eigenvalue weighted by atomic mass is 19.1. The normalized spacial score (nSPS) is 17.7. The standard InChI is InChI=1S/C24H26FN3O2/c1-13-17-11-15(8-10-19(17)27(4)26-13)20-18(25)9-7-16-12-28(23(29)21(16)20)22(14-5-6-14)24(2,3)30/h7-11,14,22,30H,5-6,12H2,1-4H3. The first-order valence-electron chi connectivity index (χ1n) is 10.4. The number of benzene rings is 2.